The first kappa shape index (κ1) is 15.6. The summed E-state index contributed by atoms with van der Waals surface area (Å²) in [5.74, 6) is -0.155. The van der Waals surface area contributed by atoms with Gasteiger partial charge in [-0.15, -0.1) is 11.8 Å². The molecule has 1 unspecified atom stereocenters. The first-order valence-electron chi connectivity index (χ1n) is 7.20. The van der Waals surface area contributed by atoms with Crippen LogP contribution in [0.3, 0.4) is 0 Å². The molecule has 118 valence electrons. The first-order chi connectivity index (χ1) is 10.6. The number of rotatable bonds is 2. The number of likely N-dealkylation sites (tertiary alicyclic amines) is 1. The Kier molecular flexibility index (Phi) is 4.59. The van der Waals surface area contributed by atoms with E-state index in [1.165, 1.54) is 34.9 Å². The van der Waals surface area contributed by atoms with Crippen LogP contribution in [0.4, 0.5) is 4.39 Å². The number of thioether (sulfide) groups is 1. The molecule has 7 heteroatoms. The second kappa shape index (κ2) is 6.46. The third-order valence-electron chi connectivity index (χ3n) is 4.00. The van der Waals surface area contributed by atoms with E-state index in [1.54, 1.807) is 4.90 Å². The van der Waals surface area contributed by atoms with Gasteiger partial charge in [0.2, 0.25) is 5.91 Å². The number of hydrogen-bond donors (Lipinski definition) is 0. The van der Waals surface area contributed by atoms with E-state index < -0.39 is 17.8 Å². The number of benzene rings is 1. The molecule has 0 aromatic heterocycles. The molecule has 2 saturated heterocycles. The Balaban J connectivity index is 1.81. The Morgan fingerprint density at radius 2 is 2.00 bits per heavy atom. The lowest BCUT2D eigenvalue weighted by atomic mass is 10.1. The van der Waals surface area contributed by atoms with Crippen LogP contribution in [-0.2, 0) is 4.79 Å². The van der Waals surface area contributed by atoms with Crippen molar-refractivity contribution in [1.82, 2.24) is 9.80 Å². The van der Waals surface area contributed by atoms with Crippen LogP contribution in [-0.4, -0.2) is 52.4 Å². The maximum Gasteiger partial charge on any atom is 0.258 e. The standard InChI is InChI=1S/C15H16ClFN2O2S/c16-10-3-4-12(17)11(7-10)14(20)19-9-22-8-13(19)15(21)18-5-1-2-6-18/h3-4,7,13H,1-2,5-6,8-9H2. The van der Waals surface area contributed by atoms with E-state index in [9.17, 15) is 14.0 Å². The summed E-state index contributed by atoms with van der Waals surface area (Å²) in [5, 5.41) is 0.305. The predicted molar refractivity (Wildman–Crippen MR) is 84.5 cm³/mol. The molecule has 1 aromatic rings. The second-order valence-electron chi connectivity index (χ2n) is 5.45. The average molecular weight is 343 g/mol. The van der Waals surface area contributed by atoms with Gasteiger partial charge in [-0.3, -0.25) is 9.59 Å². The van der Waals surface area contributed by atoms with Gasteiger partial charge >= 0.3 is 0 Å². The van der Waals surface area contributed by atoms with Crippen LogP contribution >= 0.6 is 23.4 Å². The fourth-order valence-corrected chi connectivity index (χ4v) is 4.13. The van der Waals surface area contributed by atoms with E-state index >= 15 is 0 Å². The Morgan fingerprint density at radius 3 is 2.73 bits per heavy atom. The number of carbonyl (C=O) groups is 2. The minimum absolute atomic E-state index is 0.0294. The van der Waals surface area contributed by atoms with Crippen LogP contribution in [0, 0.1) is 5.82 Å². The summed E-state index contributed by atoms with van der Waals surface area (Å²) < 4.78 is 13.9. The number of halogens is 2. The summed E-state index contributed by atoms with van der Waals surface area (Å²) in [7, 11) is 0. The summed E-state index contributed by atoms with van der Waals surface area (Å²) in [6.07, 6.45) is 2.00. The average Bonchev–Trinajstić information content (AvgIpc) is 3.19. The molecule has 0 aliphatic carbocycles. The highest BCUT2D eigenvalue weighted by molar-refractivity contribution is 7.99. The highest BCUT2D eigenvalue weighted by atomic mass is 35.5. The van der Waals surface area contributed by atoms with E-state index in [-0.39, 0.29) is 11.5 Å². The second-order valence-corrected chi connectivity index (χ2v) is 6.88. The fourth-order valence-electron chi connectivity index (χ4n) is 2.81. The summed E-state index contributed by atoms with van der Waals surface area (Å²) in [4.78, 5) is 28.4. The zero-order chi connectivity index (χ0) is 15.7. The van der Waals surface area contributed by atoms with Gasteiger partial charge in [-0.05, 0) is 31.0 Å². The lowest BCUT2D eigenvalue weighted by Gasteiger charge is -2.27. The quantitative estimate of drug-likeness (QED) is 0.829. The van der Waals surface area contributed by atoms with Gasteiger partial charge in [0.15, 0.2) is 0 Å². The molecule has 2 aliphatic rings. The van der Waals surface area contributed by atoms with Crippen molar-refractivity contribution in [2.75, 3.05) is 24.7 Å². The molecule has 0 N–H and O–H groups in total. The number of hydrogen-bond acceptors (Lipinski definition) is 3. The van der Waals surface area contributed by atoms with Crippen molar-refractivity contribution in [2.24, 2.45) is 0 Å². The fraction of sp³-hybridized carbons (Fsp3) is 0.467. The predicted octanol–water partition coefficient (Wildman–Crippen LogP) is 2.62. The molecule has 2 heterocycles. The molecule has 2 fully saturated rings. The van der Waals surface area contributed by atoms with E-state index in [0.717, 1.165) is 25.9 Å². The molecule has 2 aliphatic heterocycles. The topological polar surface area (TPSA) is 40.6 Å². The molecule has 0 bridgehead atoms. The Hall–Kier alpha value is -1.27. The summed E-state index contributed by atoms with van der Waals surface area (Å²) in [6, 6.07) is 3.39. The molecule has 1 aromatic carbocycles. The van der Waals surface area contributed by atoms with Gasteiger partial charge in [0.25, 0.3) is 5.91 Å². The van der Waals surface area contributed by atoms with Crippen molar-refractivity contribution in [3.63, 3.8) is 0 Å². The van der Waals surface area contributed by atoms with Gasteiger partial charge in [-0.2, -0.15) is 0 Å². The summed E-state index contributed by atoms with van der Waals surface area (Å²) in [5.41, 5.74) is -0.0748. The van der Waals surface area contributed by atoms with Crippen molar-refractivity contribution >= 4 is 35.2 Å². The number of amides is 2. The molecular formula is C15H16ClFN2O2S. The molecule has 1 atom stereocenters. The van der Waals surface area contributed by atoms with Gasteiger partial charge < -0.3 is 9.80 Å². The van der Waals surface area contributed by atoms with Gasteiger partial charge in [0, 0.05) is 23.9 Å². The van der Waals surface area contributed by atoms with Gasteiger partial charge in [0.1, 0.15) is 11.9 Å². The molecule has 3 rings (SSSR count). The van der Waals surface area contributed by atoms with Crippen molar-refractivity contribution in [2.45, 2.75) is 18.9 Å². The smallest absolute Gasteiger partial charge is 0.258 e. The van der Waals surface area contributed by atoms with Crippen LogP contribution in [0.2, 0.25) is 5.02 Å². The molecule has 0 spiro atoms. The van der Waals surface area contributed by atoms with Crippen molar-refractivity contribution in [3.05, 3.63) is 34.6 Å². The highest BCUT2D eigenvalue weighted by Crippen LogP contribution is 2.27. The Labute approximate surface area is 137 Å². The van der Waals surface area contributed by atoms with Gasteiger partial charge in [-0.25, -0.2) is 4.39 Å². The van der Waals surface area contributed by atoms with Crippen molar-refractivity contribution in [3.8, 4) is 0 Å². The van der Waals surface area contributed by atoms with Crippen LogP contribution in [0.25, 0.3) is 0 Å². The zero-order valence-corrected chi connectivity index (χ0v) is 13.5. The van der Waals surface area contributed by atoms with E-state index in [1.807, 2.05) is 0 Å². The molecule has 2 amide bonds. The minimum atomic E-state index is -0.612. The SMILES string of the molecule is O=C(C1CSCN1C(=O)c1cc(Cl)ccc1F)N1CCCC1. The maximum absolute atomic E-state index is 13.9. The third-order valence-corrected chi connectivity index (χ3v) is 5.25. The molecule has 4 nitrogen and oxygen atoms in total. The third kappa shape index (κ3) is 2.94. The van der Waals surface area contributed by atoms with Gasteiger partial charge in [0.05, 0.1) is 11.4 Å². The Bertz CT molecular complexity index is 607. The maximum atomic E-state index is 13.9. The Morgan fingerprint density at radius 1 is 1.27 bits per heavy atom. The normalized spacial score (nSPS) is 21.5. The summed E-state index contributed by atoms with van der Waals surface area (Å²) >= 11 is 7.36. The largest absolute Gasteiger partial charge is 0.341 e. The molecule has 0 radical (unpaired) electrons. The van der Waals surface area contributed by atoms with E-state index in [0.29, 0.717) is 16.7 Å². The zero-order valence-electron chi connectivity index (χ0n) is 11.9. The molecular weight excluding hydrogens is 327 g/mol. The molecule has 0 saturated carbocycles. The van der Waals surface area contributed by atoms with E-state index in [2.05, 4.69) is 0 Å². The number of nitrogens with zero attached hydrogens (tertiary/aromatic N) is 2. The summed E-state index contributed by atoms with van der Waals surface area (Å²) in [6.45, 7) is 1.49. The van der Waals surface area contributed by atoms with Crippen LogP contribution in [0.5, 0.6) is 0 Å². The van der Waals surface area contributed by atoms with E-state index in [4.69, 9.17) is 11.6 Å². The number of carbonyl (C=O) groups excluding carboxylic acids is 2. The lowest BCUT2D eigenvalue weighted by molar-refractivity contribution is -0.133. The van der Waals surface area contributed by atoms with Crippen LogP contribution in [0.1, 0.15) is 23.2 Å². The first-order valence-corrected chi connectivity index (χ1v) is 8.74. The van der Waals surface area contributed by atoms with Crippen LogP contribution < -0.4 is 0 Å². The molecule has 22 heavy (non-hydrogen) atoms. The monoisotopic (exact) mass is 342 g/mol. The van der Waals surface area contributed by atoms with Crippen molar-refractivity contribution < 1.29 is 14.0 Å². The van der Waals surface area contributed by atoms with Crippen molar-refractivity contribution in [1.29, 1.82) is 0 Å². The highest BCUT2D eigenvalue weighted by Gasteiger charge is 2.38. The lowest BCUT2D eigenvalue weighted by Crippen LogP contribution is -2.48. The minimum Gasteiger partial charge on any atom is -0.341 e. The van der Waals surface area contributed by atoms with Crippen LogP contribution in [0.15, 0.2) is 18.2 Å². The van der Waals surface area contributed by atoms with Gasteiger partial charge in [-0.1, -0.05) is 11.6 Å².